The predicted octanol–water partition coefficient (Wildman–Crippen LogP) is -6.19. The van der Waals surface area contributed by atoms with Crippen LogP contribution in [0.5, 0.6) is 0 Å². The summed E-state index contributed by atoms with van der Waals surface area (Å²) in [4.78, 5) is 0. The summed E-state index contributed by atoms with van der Waals surface area (Å²) in [5, 5.41) is 0. The van der Waals surface area contributed by atoms with Crippen LogP contribution in [0.3, 0.4) is 0 Å². The van der Waals surface area contributed by atoms with Gasteiger partial charge in [-0.25, -0.2) is 0 Å². The molecule has 0 N–H and O–H groups in total. The third kappa shape index (κ3) is 22.0. The molecule has 4 nitrogen and oxygen atoms in total. The summed E-state index contributed by atoms with van der Waals surface area (Å²) < 4.78 is 34.4. The molecule has 0 fully saturated rings. The Morgan fingerprint density at radius 3 is 2.07 bits per heavy atom. The summed E-state index contributed by atoms with van der Waals surface area (Å²) in [5.74, 6) is 0.676. The van der Waals surface area contributed by atoms with E-state index in [0.717, 1.165) is 19.3 Å². The van der Waals surface area contributed by atoms with Crippen LogP contribution >= 0.6 is 0 Å². The quantitative estimate of drug-likeness (QED) is 0.346. The molecule has 0 saturated carbocycles. The van der Waals surface area contributed by atoms with Crippen molar-refractivity contribution in [2.75, 3.05) is 6.61 Å². The molecule has 0 atom stereocenters. The Kier molecular flexibility index (Phi) is 19.0. The number of rotatable bonds is 7. The molecule has 0 saturated heterocycles. The monoisotopic (exact) mass is 298 g/mol. The van der Waals surface area contributed by atoms with Gasteiger partial charge in [-0.3, -0.25) is 0 Å². The van der Waals surface area contributed by atoms with E-state index in [4.69, 9.17) is 0 Å². The molecule has 80 valence electrons. The molecular weight excluding hydrogens is 281 g/mol. The maximum Gasteiger partial charge on any atom is 1.00 e. The van der Waals surface area contributed by atoms with Gasteiger partial charge < -0.3 is 0 Å². The Morgan fingerprint density at radius 2 is 1.67 bits per heavy atom. The zero-order chi connectivity index (χ0) is 10.3. The maximum atomic E-state index is 10.1. The molecule has 0 aromatic carbocycles. The van der Waals surface area contributed by atoms with E-state index in [2.05, 4.69) is 17.6 Å². The zero-order valence-corrected chi connectivity index (χ0v) is 16.1. The fourth-order valence-electron chi connectivity index (χ4n) is 1.01. The average molecular weight is 298 g/mol. The smallest absolute Gasteiger partial charge is 1.00 e. The van der Waals surface area contributed by atoms with Crippen LogP contribution in [0.15, 0.2) is 0 Å². The van der Waals surface area contributed by atoms with Crippen molar-refractivity contribution < 1.29 is 74.8 Å². The van der Waals surface area contributed by atoms with Gasteiger partial charge >= 0.3 is 141 Å². The summed E-state index contributed by atoms with van der Waals surface area (Å²) in [6.45, 7) is 4.34. The first kappa shape index (κ1) is 22.4. The number of hydrogen-bond donors (Lipinski definition) is 0. The Balaban J connectivity index is -0.000000720. The fraction of sp³-hybridized carbons (Fsp3) is 1.00. The van der Waals surface area contributed by atoms with Crippen molar-refractivity contribution in [3.63, 3.8) is 0 Å². The molecule has 0 aromatic heterocycles. The molecule has 0 unspecified atom stereocenters. The summed E-state index contributed by atoms with van der Waals surface area (Å²) in [7, 11) is 0. The molecule has 0 rings (SSSR count). The van der Waals surface area contributed by atoms with E-state index in [1.54, 1.807) is 0 Å². The maximum absolute atomic E-state index is 10.1. The van der Waals surface area contributed by atoms with Gasteiger partial charge in [-0.2, -0.15) is 0 Å². The van der Waals surface area contributed by atoms with E-state index in [-0.39, 0.29) is 65.7 Å². The Bertz CT molecular complexity index is 172. The van der Waals surface area contributed by atoms with Crippen molar-refractivity contribution in [2.24, 2.45) is 5.92 Å². The van der Waals surface area contributed by atoms with E-state index in [1.807, 2.05) is 0 Å². The van der Waals surface area contributed by atoms with Crippen molar-refractivity contribution in [1.29, 1.82) is 0 Å². The summed E-state index contributed by atoms with van der Waals surface area (Å²) in [6.07, 6.45) is 3.78. The van der Waals surface area contributed by atoms with Crippen molar-refractivity contribution in [2.45, 2.75) is 39.5 Å². The predicted molar refractivity (Wildman–Crippen MR) is 45.7 cm³/mol. The van der Waals surface area contributed by atoms with Gasteiger partial charge in [-0.15, -0.1) is 0 Å². The van der Waals surface area contributed by atoms with Crippen LogP contribution < -0.4 is 67.3 Å². The minimum atomic E-state index is -5.29. The molecule has 0 heterocycles. The van der Waals surface area contributed by atoms with E-state index in [1.165, 1.54) is 0 Å². The van der Waals surface area contributed by atoms with Gasteiger partial charge in [0.1, 0.15) is 0 Å². The standard InChI is InChI=1S/C8H19AsO4.2Na/c1-8(2)6-4-3-5-7-13-9(10,11)12;;/h8H,3-7H2,1-2H3,(H2,10,11,12);;/q;2*+1/p-2. The molecule has 0 bridgehead atoms. The van der Waals surface area contributed by atoms with E-state index < -0.39 is 14.5 Å². The van der Waals surface area contributed by atoms with E-state index >= 15 is 0 Å². The van der Waals surface area contributed by atoms with Crippen molar-refractivity contribution in [3.8, 4) is 0 Å². The van der Waals surface area contributed by atoms with Crippen LogP contribution in [-0.2, 0) is 7.47 Å². The Morgan fingerprint density at radius 1 is 1.13 bits per heavy atom. The first-order valence-electron chi connectivity index (χ1n) is 4.58. The second-order valence-corrected chi connectivity index (χ2v) is 5.94. The molecule has 0 spiro atoms. The van der Waals surface area contributed by atoms with Crippen molar-refractivity contribution in [1.82, 2.24) is 0 Å². The van der Waals surface area contributed by atoms with E-state index in [0.29, 0.717) is 12.3 Å². The fourth-order valence-corrected chi connectivity index (χ4v) is 1.75. The molecule has 15 heavy (non-hydrogen) atoms. The normalized spacial score (nSPS) is 10.7. The van der Waals surface area contributed by atoms with Crippen LogP contribution in [0.2, 0.25) is 0 Å². The minimum absolute atomic E-state index is 0. The van der Waals surface area contributed by atoms with E-state index in [9.17, 15) is 11.9 Å². The molecule has 0 amide bonds. The summed E-state index contributed by atoms with van der Waals surface area (Å²) in [5.41, 5.74) is 0. The molecule has 0 aliphatic carbocycles. The SMILES string of the molecule is CC(C)CCCCCO[As](=O)([O-])[O-].[Na+].[Na+]. The van der Waals surface area contributed by atoms with Crippen LogP contribution in [0.1, 0.15) is 39.5 Å². The third-order valence-electron chi connectivity index (χ3n) is 1.68. The molecule has 0 aromatic rings. The number of hydrogen-bond acceptors (Lipinski definition) is 4. The molecule has 0 aliphatic rings. The van der Waals surface area contributed by atoms with Gasteiger partial charge in [-0.05, 0) is 0 Å². The van der Waals surface area contributed by atoms with Gasteiger partial charge in [-0.1, -0.05) is 0 Å². The van der Waals surface area contributed by atoms with Gasteiger partial charge in [0.05, 0.1) is 0 Å². The first-order chi connectivity index (χ1) is 5.92. The average Bonchev–Trinajstić information content (AvgIpc) is 1.93. The van der Waals surface area contributed by atoms with Gasteiger partial charge in [0.2, 0.25) is 0 Å². The van der Waals surface area contributed by atoms with Crippen LogP contribution in [0.25, 0.3) is 0 Å². The second-order valence-electron chi connectivity index (χ2n) is 3.52. The zero-order valence-electron chi connectivity index (χ0n) is 10.2. The Labute approximate surface area is 139 Å². The van der Waals surface area contributed by atoms with Crippen LogP contribution in [0.4, 0.5) is 0 Å². The minimum Gasteiger partial charge on any atom is 1.00 e. The topological polar surface area (TPSA) is 72.4 Å². The molecule has 7 heteroatoms. The van der Waals surface area contributed by atoms with Crippen LogP contribution in [0, 0.1) is 5.92 Å². The molecular formula is C8H17AsNa2O4. The van der Waals surface area contributed by atoms with Gasteiger partial charge in [0, 0.05) is 0 Å². The molecule has 0 aliphatic heterocycles. The second kappa shape index (κ2) is 12.7. The summed E-state index contributed by atoms with van der Waals surface area (Å²) in [6, 6.07) is 0. The van der Waals surface area contributed by atoms with Gasteiger partial charge in [0.25, 0.3) is 0 Å². The van der Waals surface area contributed by atoms with Gasteiger partial charge in [0.15, 0.2) is 0 Å². The van der Waals surface area contributed by atoms with Crippen LogP contribution in [-0.4, -0.2) is 21.1 Å². The Hall–Kier alpha value is 2.24. The molecule has 0 radical (unpaired) electrons. The first-order valence-corrected chi connectivity index (χ1v) is 7.65. The largest absolute Gasteiger partial charge is 1.00 e. The van der Waals surface area contributed by atoms with Crippen molar-refractivity contribution >= 4 is 14.5 Å². The number of unbranched alkanes of at least 4 members (excludes halogenated alkanes) is 2. The summed E-state index contributed by atoms with van der Waals surface area (Å²) >= 11 is -5.29. The third-order valence-corrected chi connectivity index (χ3v) is 2.72. The van der Waals surface area contributed by atoms with Crippen molar-refractivity contribution in [3.05, 3.63) is 0 Å².